The molecule has 1 aromatic rings. The van der Waals surface area contributed by atoms with Gasteiger partial charge in [0.1, 0.15) is 0 Å². The first-order valence-electron chi connectivity index (χ1n) is 5.40. The average Bonchev–Trinajstić information content (AvgIpc) is 2.18. The zero-order valence-corrected chi connectivity index (χ0v) is 12.7. The number of rotatable bonds is 2. The maximum absolute atomic E-state index is 12.7. The second-order valence-electron chi connectivity index (χ2n) is 4.42. The largest absolute Gasteiger partial charge is 0.401 e. The lowest BCUT2D eigenvalue weighted by Gasteiger charge is -2.28. The number of aryl methyl sites for hydroxylation is 2. The molecule has 0 fully saturated rings. The second kappa shape index (κ2) is 5.75. The van der Waals surface area contributed by atoms with Crippen LogP contribution in [0.4, 0.5) is 26.3 Å². The molecule has 1 unspecified atom stereocenters. The summed E-state index contributed by atoms with van der Waals surface area (Å²) >= 11 is 8.29. The van der Waals surface area contributed by atoms with Crippen LogP contribution in [0.25, 0.3) is 0 Å². The molecule has 0 radical (unpaired) electrons. The van der Waals surface area contributed by atoms with Gasteiger partial charge in [0.25, 0.3) is 0 Å². The Bertz CT molecular complexity index is 480. The number of halogens is 8. The van der Waals surface area contributed by atoms with Crippen molar-refractivity contribution in [3.8, 4) is 0 Å². The average molecular weight is 384 g/mol. The van der Waals surface area contributed by atoms with Crippen molar-refractivity contribution in [3.05, 3.63) is 33.8 Å². The fourth-order valence-corrected chi connectivity index (χ4v) is 3.16. The molecule has 0 bridgehead atoms. The summed E-state index contributed by atoms with van der Waals surface area (Å²) in [6.45, 7) is 3.25. The van der Waals surface area contributed by atoms with Crippen molar-refractivity contribution in [2.45, 2.75) is 31.0 Å². The summed E-state index contributed by atoms with van der Waals surface area (Å²) in [6.07, 6.45) is -10.8. The van der Waals surface area contributed by atoms with E-state index >= 15 is 0 Å². The Hall–Kier alpha value is -0.430. The third kappa shape index (κ3) is 3.81. The van der Waals surface area contributed by atoms with Crippen molar-refractivity contribution in [1.29, 1.82) is 0 Å². The predicted molar refractivity (Wildman–Crippen MR) is 68.2 cm³/mol. The number of hydrogen-bond donors (Lipinski definition) is 0. The first-order chi connectivity index (χ1) is 8.85. The third-order valence-corrected chi connectivity index (χ3v) is 4.26. The molecule has 8 heteroatoms. The molecule has 0 aliphatic carbocycles. The number of alkyl halides is 7. The fraction of sp³-hybridized carbons (Fsp3) is 0.500. The Labute approximate surface area is 125 Å². The van der Waals surface area contributed by atoms with Crippen LogP contribution in [-0.4, -0.2) is 12.4 Å². The van der Waals surface area contributed by atoms with Crippen molar-refractivity contribution in [1.82, 2.24) is 0 Å². The molecule has 0 heterocycles. The number of benzene rings is 1. The van der Waals surface area contributed by atoms with Gasteiger partial charge < -0.3 is 0 Å². The van der Waals surface area contributed by atoms with E-state index in [2.05, 4.69) is 15.9 Å². The zero-order valence-electron chi connectivity index (χ0n) is 10.3. The molecule has 0 nitrogen and oxygen atoms in total. The lowest BCUT2D eigenvalue weighted by molar-refractivity contribution is -0.283. The van der Waals surface area contributed by atoms with E-state index in [-0.39, 0.29) is 10.6 Å². The molecule has 114 valence electrons. The Kier molecular flexibility index (Phi) is 5.07. The molecule has 1 atom stereocenters. The van der Waals surface area contributed by atoms with E-state index in [1.165, 1.54) is 12.1 Å². The van der Waals surface area contributed by atoms with Crippen molar-refractivity contribution >= 4 is 27.5 Å². The zero-order chi connectivity index (χ0) is 15.9. The maximum Gasteiger partial charge on any atom is 0.401 e. The minimum absolute atomic E-state index is 0.131. The highest BCUT2D eigenvalue weighted by Gasteiger charge is 2.60. The Morgan fingerprint density at radius 2 is 1.35 bits per heavy atom. The van der Waals surface area contributed by atoms with Crippen LogP contribution in [0.5, 0.6) is 0 Å². The minimum atomic E-state index is -5.42. The summed E-state index contributed by atoms with van der Waals surface area (Å²) in [4.78, 5) is -1.99. The van der Waals surface area contributed by atoms with Crippen LogP contribution in [0.15, 0.2) is 12.1 Å². The van der Waals surface area contributed by atoms with E-state index in [1.807, 2.05) is 0 Å². The van der Waals surface area contributed by atoms with Crippen LogP contribution in [0.2, 0.25) is 5.02 Å². The highest BCUT2D eigenvalue weighted by atomic mass is 79.9. The summed E-state index contributed by atoms with van der Waals surface area (Å²) in [5, 5.41) is -0.131. The van der Waals surface area contributed by atoms with Gasteiger partial charge in [-0.05, 0) is 36.6 Å². The molecule has 0 saturated carbocycles. The molecule has 0 saturated heterocycles. The van der Waals surface area contributed by atoms with Crippen LogP contribution in [0.3, 0.4) is 0 Å². The molecule has 0 spiro atoms. The Balaban J connectivity index is 3.34. The summed E-state index contributed by atoms with van der Waals surface area (Å²) < 4.78 is 76.0. The topological polar surface area (TPSA) is 0 Å². The highest BCUT2D eigenvalue weighted by molar-refractivity contribution is 9.09. The monoisotopic (exact) mass is 382 g/mol. The van der Waals surface area contributed by atoms with E-state index in [9.17, 15) is 26.3 Å². The summed E-state index contributed by atoms with van der Waals surface area (Å²) in [6, 6.07) is 2.59. The molecule has 20 heavy (non-hydrogen) atoms. The van der Waals surface area contributed by atoms with Crippen molar-refractivity contribution < 1.29 is 26.3 Å². The van der Waals surface area contributed by atoms with Gasteiger partial charge in [-0.15, -0.1) is 0 Å². The predicted octanol–water partition coefficient (Wildman–Crippen LogP) is 6.13. The lowest BCUT2D eigenvalue weighted by Crippen LogP contribution is -2.39. The van der Waals surface area contributed by atoms with Crippen LogP contribution in [-0.2, 0) is 0 Å². The smallest absolute Gasteiger partial charge is 0.170 e. The van der Waals surface area contributed by atoms with Gasteiger partial charge in [0, 0.05) is 5.02 Å². The van der Waals surface area contributed by atoms with Gasteiger partial charge in [0.15, 0.2) is 5.92 Å². The van der Waals surface area contributed by atoms with E-state index in [0.29, 0.717) is 11.1 Å². The quantitative estimate of drug-likeness (QED) is 0.425. The molecule has 1 rings (SSSR count). The van der Waals surface area contributed by atoms with Crippen molar-refractivity contribution in [2.75, 3.05) is 0 Å². The molecule has 1 aromatic carbocycles. The van der Waals surface area contributed by atoms with Crippen LogP contribution in [0, 0.1) is 19.8 Å². The Morgan fingerprint density at radius 1 is 0.950 bits per heavy atom. The normalized spacial score (nSPS) is 14.8. The van der Waals surface area contributed by atoms with Crippen LogP contribution in [0.1, 0.15) is 21.5 Å². The second-order valence-corrected chi connectivity index (χ2v) is 5.81. The summed E-state index contributed by atoms with van der Waals surface area (Å²) in [5.41, 5.74) is 1.03. The fourth-order valence-electron chi connectivity index (χ4n) is 1.71. The summed E-state index contributed by atoms with van der Waals surface area (Å²) in [5.74, 6) is -3.52. The summed E-state index contributed by atoms with van der Waals surface area (Å²) in [7, 11) is 0. The lowest BCUT2D eigenvalue weighted by atomic mass is 9.95. The van der Waals surface area contributed by atoms with Gasteiger partial charge in [-0.25, -0.2) is 0 Å². The molecule has 0 aliphatic heterocycles. The SMILES string of the molecule is Cc1cc(Cl)c(C(Br)C(C(F)(F)F)C(F)(F)F)cc1C. The maximum atomic E-state index is 12.7. The Morgan fingerprint density at radius 3 is 1.75 bits per heavy atom. The van der Waals surface area contributed by atoms with Crippen LogP contribution >= 0.6 is 27.5 Å². The van der Waals surface area contributed by atoms with Gasteiger partial charge in [-0.1, -0.05) is 33.6 Å². The molecular weight excluding hydrogens is 373 g/mol. The van der Waals surface area contributed by atoms with Crippen molar-refractivity contribution in [3.63, 3.8) is 0 Å². The molecule has 0 aliphatic rings. The molecular formula is C12H10BrClF6. The molecule has 0 aromatic heterocycles. The van der Waals surface area contributed by atoms with Gasteiger partial charge in [-0.3, -0.25) is 0 Å². The van der Waals surface area contributed by atoms with Gasteiger partial charge in [0.05, 0.1) is 4.83 Å². The van der Waals surface area contributed by atoms with E-state index in [1.54, 1.807) is 13.8 Å². The van der Waals surface area contributed by atoms with E-state index in [0.717, 1.165) is 0 Å². The first-order valence-corrected chi connectivity index (χ1v) is 6.69. The first kappa shape index (κ1) is 17.6. The van der Waals surface area contributed by atoms with Gasteiger partial charge in [-0.2, -0.15) is 26.3 Å². The van der Waals surface area contributed by atoms with Crippen molar-refractivity contribution in [2.24, 2.45) is 5.92 Å². The van der Waals surface area contributed by atoms with E-state index in [4.69, 9.17) is 11.6 Å². The van der Waals surface area contributed by atoms with Gasteiger partial charge >= 0.3 is 12.4 Å². The van der Waals surface area contributed by atoms with E-state index < -0.39 is 23.1 Å². The minimum Gasteiger partial charge on any atom is -0.170 e. The molecule has 0 amide bonds. The van der Waals surface area contributed by atoms with Crippen LogP contribution < -0.4 is 0 Å². The third-order valence-electron chi connectivity index (χ3n) is 2.91. The highest BCUT2D eigenvalue weighted by Crippen LogP contribution is 2.51. The standard InChI is InChI=1S/C12H10BrClF6/c1-5-3-7(8(14)4-6(5)2)9(13)10(11(15,16)17)12(18,19)20/h3-4,9-10H,1-2H3. The number of hydrogen-bond acceptors (Lipinski definition) is 0. The molecule has 0 N–H and O–H groups in total. The van der Waals surface area contributed by atoms with Gasteiger partial charge in [0.2, 0.25) is 0 Å².